The van der Waals surface area contributed by atoms with Crippen LogP contribution in [0.3, 0.4) is 0 Å². The fourth-order valence-electron chi connectivity index (χ4n) is 0.818. The lowest BCUT2D eigenvalue weighted by Gasteiger charge is -2.04. The number of rotatable bonds is 3. The van der Waals surface area contributed by atoms with E-state index in [9.17, 15) is 4.79 Å². The van der Waals surface area contributed by atoms with E-state index >= 15 is 0 Å². The Bertz CT molecular complexity index is 325. The highest BCUT2D eigenvalue weighted by Gasteiger charge is 1.99. The van der Waals surface area contributed by atoms with Crippen LogP contribution >= 0.6 is 15.9 Å². The molecule has 0 aliphatic heterocycles. The van der Waals surface area contributed by atoms with Crippen LogP contribution in [0.15, 0.2) is 22.7 Å². The first-order chi connectivity index (χ1) is 6.09. The zero-order valence-corrected chi connectivity index (χ0v) is 8.80. The van der Waals surface area contributed by atoms with E-state index < -0.39 is 5.91 Å². The Morgan fingerprint density at radius 3 is 2.85 bits per heavy atom. The van der Waals surface area contributed by atoms with E-state index in [1.54, 1.807) is 12.1 Å². The summed E-state index contributed by atoms with van der Waals surface area (Å²) in [5, 5.41) is 0. The maximum atomic E-state index is 10.4. The van der Waals surface area contributed by atoms with Crippen LogP contribution in [0.25, 0.3) is 0 Å². The number of carbonyl (C=O) groups excluding carboxylic acids is 1. The second-order valence-corrected chi connectivity index (χ2v) is 3.52. The maximum absolute atomic E-state index is 10.4. The van der Waals surface area contributed by atoms with Crippen LogP contribution in [0.1, 0.15) is 5.56 Å². The molecule has 0 aliphatic rings. The molecule has 70 valence electrons. The monoisotopic (exact) mass is 243 g/mol. The van der Waals surface area contributed by atoms with Gasteiger partial charge in [0.2, 0.25) is 0 Å². The summed E-state index contributed by atoms with van der Waals surface area (Å²) < 4.78 is 6.05. The highest BCUT2D eigenvalue weighted by molar-refractivity contribution is 9.10. The van der Waals surface area contributed by atoms with Crippen LogP contribution in [-0.2, 0) is 4.79 Å². The summed E-state index contributed by atoms with van der Waals surface area (Å²) in [6.45, 7) is 1.89. The summed E-state index contributed by atoms with van der Waals surface area (Å²) in [5.74, 6) is 0.160. The van der Waals surface area contributed by atoms with E-state index in [1.807, 2.05) is 13.0 Å². The third-order valence-corrected chi connectivity index (χ3v) is 2.38. The van der Waals surface area contributed by atoms with Gasteiger partial charge in [-0.1, -0.05) is 22.0 Å². The van der Waals surface area contributed by atoms with Crippen LogP contribution < -0.4 is 10.5 Å². The Balaban J connectivity index is 2.68. The van der Waals surface area contributed by atoms with Crippen LogP contribution in [0, 0.1) is 6.92 Å². The predicted octanol–water partition coefficient (Wildman–Crippen LogP) is 1.62. The summed E-state index contributed by atoms with van der Waals surface area (Å²) in [4.78, 5) is 10.4. The maximum Gasteiger partial charge on any atom is 0.255 e. The Hall–Kier alpha value is -1.03. The highest BCUT2D eigenvalue weighted by atomic mass is 79.9. The van der Waals surface area contributed by atoms with Gasteiger partial charge in [-0.2, -0.15) is 0 Å². The number of hydrogen-bond acceptors (Lipinski definition) is 2. The minimum absolute atomic E-state index is 0.0878. The number of primary amides is 1. The Morgan fingerprint density at radius 2 is 2.31 bits per heavy atom. The molecule has 1 amide bonds. The van der Waals surface area contributed by atoms with Crippen molar-refractivity contribution in [3.8, 4) is 5.75 Å². The fraction of sp³-hybridized carbons (Fsp3) is 0.222. The van der Waals surface area contributed by atoms with E-state index in [4.69, 9.17) is 10.5 Å². The quantitative estimate of drug-likeness (QED) is 0.878. The summed E-state index contributed by atoms with van der Waals surface area (Å²) in [6.07, 6.45) is 0. The molecule has 3 nitrogen and oxygen atoms in total. The lowest BCUT2D eigenvalue weighted by Crippen LogP contribution is -2.19. The number of amides is 1. The lowest BCUT2D eigenvalue weighted by atomic mass is 10.2. The molecule has 1 aromatic carbocycles. The van der Waals surface area contributed by atoms with Crippen molar-refractivity contribution in [2.75, 3.05) is 6.61 Å². The number of ether oxygens (including phenoxy) is 1. The van der Waals surface area contributed by atoms with Crippen LogP contribution in [0.2, 0.25) is 0 Å². The molecule has 0 bridgehead atoms. The van der Waals surface area contributed by atoms with Crippen molar-refractivity contribution in [2.45, 2.75) is 6.92 Å². The van der Waals surface area contributed by atoms with Crippen molar-refractivity contribution in [1.29, 1.82) is 0 Å². The average molecular weight is 244 g/mol. The first-order valence-electron chi connectivity index (χ1n) is 3.77. The van der Waals surface area contributed by atoms with E-state index in [-0.39, 0.29) is 6.61 Å². The molecule has 2 N–H and O–H groups in total. The van der Waals surface area contributed by atoms with Gasteiger partial charge in [-0.3, -0.25) is 4.79 Å². The molecule has 0 atom stereocenters. The molecule has 1 rings (SSSR count). The molecule has 0 spiro atoms. The van der Waals surface area contributed by atoms with E-state index in [0.717, 1.165) is 10.0 Å². The van der Waals surface area contributed by atoms with Crippen molar-refractivity contribution in [3.63, 3.8) is 0 Å². The molecule has 4 heteroatoms. The van der Waals surface area contributed by atoms with Gasteiger partial charge in [-0.05, 0) is 24.6 Å². The second-order valence-electron chi connectivity index (χ2n) is 2.67. The molecular weight excluding hydrogens is 234 g/mol. The normalized spacial score (nSPS) is 9.69. The fourth-order valence-corrected chi connectivity index (χ4v) is 1.18. The molecule has 13 heavy (non-hydrogen) atoms. The Morgan fingerprint density at radius 1 is 1.62 bits per heavy atom. The average Bonchev–Trinajstić information content (AvgIpc) is 2.07. The van der Waals surface area contributed by atoms with Crippen LogP contribution in [0.4, 0.5) is 0 Å². The molecule has 0 saturated heterocycles. The number of nitrogens with two attached hydrogens (primary N) is 1. The Labute approximate surface area is 85.0 Å². The predicted molar refractivity (Wildman–Crippen MR) is 53.6 cm³/mol. The third-order valence-electron chi connectivity index (χ3n) is 1.52. The molecule has 0 radical (unpaired) electrons. The lowest BCUT2D eigenvalue weighted by molar-refractivity contribution is -0.119. The Kier molecular flexibility index (Phi) is 3.31. The number of carbonyl (C=O) groups is 1. The molecular formula is C9H10BrNO2. The zero-order valence-electron chi connectivity index (χ0n) is 7.21. The van der Waals surface area contributed by atoms with Gasteiger partial charge in [-0.15, -0.1) is 0 Å². The molecule has 0 unspecified atom stereocenters. The van der Waals surface area contributed by atoms with Crippen LogP contribution in [-0.4, -0.2) is 12.5 Å². The summed E-state index contributed by atoms with van der Waals surface area (Å²) in [7, 11) is 0. The van der Waals surface area contributed by atoms with E-state index in [0.29, 0.717) is 5.75 Å². The number of benzene rings is 1. The van der Waals surface area contributed by atoms with Gasteiger partial charge >= 0.3 is 0 Å². The smallest absolute Gasteiger partial charge is 0.255 e. The standard InChI is InChI=1S/C9H10BrNO2/c1-6-2-3-7(4-8(6)10)13-5-9(11)12/h2-4H,5H2,1H3,(H2,11,12). The van der Waals surface area contributed by atoms with Gasteiger partial charge in [0.15, 0.2) is 6.61 Å². The van der Waals surface area contributed by atoms with Gasteiger partial charge in [0.25, 0.3) is 5.91 Å². The first-order valence-corrected chi connectivity index (χ1v) is 4.56. The van der Waals surface area contributed by atoms with Crippen molar-refractivity contribution in [1.82, 2.24) is 0 Å². The number of aryl methyl sites for hydroxylation is 1. The van der Waals surface area contributed by atoms with Gasteiger partial charge in [0.05, 0.1) is 0 Å². The van der Waals surface area contributed by atoms with Crippen LogP contribution in [0.5, 0.6) is 5.75 Å². The molecule has 0 saturated carbocycles. The van der Waals surface area contributed by atoms with Gasteiger partial charge in [-0.25, -0.2) is 0 Å². The topological polar surface area (TPSA) is 52.3 Å². The molecule has 1 aromatic rings. The van der Waals surface area contributed by atoms with Gasteiger partial charge < -0.3 is 10.5 Å². The van der Waals surface area contributed by atoms with Crippen molar-refractivity contribution in [2.24, 2.45) is 5.73 Å². The summed E-state index contributed by atoms with van der Waals surface area (Å²) >= 11 is 3.36. The molecule has 0 aromatic heterocycles. The minimum Gasteiger partial charge on any atom is -0.484 e. The largest absolute Gasteiger partial charge is 0.484 e. The zero-order chi connectivity index (χ0) is 9.84. The number of hydrogen-bond donors (Lipinski definition) is 1. The molecule has 0 heterocycles. The van der Waals surface area contributed by atoms with E-state index in [2.05, 4.69) is 15.9 Å². The van der Waals surface area contributed by atoms with Gasteiger partial charge in [0.1, 0.15) is 5.75 Å². The van der Waals surface area contributed by atoms with E-state index in [1.165, 1.54) is 0 Å². The van der Waals surface area contributed by atoms with Crippen molar-refractivity contribution >= 4 is 21.8 Å². The highest BCUT2D eigenvalue weighted by Crippen LogP contribution is 2.21. The minimum atomic E-state index is -0.475. The second kappa shape index (κ2) is 4.28. The third kappa shape index (κ3) is 3.06. The number of halogens is 1. The SMILES string of the molecule is Cc1ccc(OCC(N)=O)cc1Br. The summed E-state index contributed by atoms with van der Waals surface area (Å²) in [5.41, 5.74) is 6.05. The molecule has 0 aliphatic carbocycles. The van der Waals surface area contributed by atoms with Gasteiger partial charge in [0, 0.05) is 4.47 Å². The van der Waals surface area contributed by atoms with Crippen molar-refractivity contribution in [3.05, 3.63) is 28.2 Å². The van der Waals surface area contributed by atoms with Crippen molar-refractivity contribution < 1.29 is 9.53 Å². The first kappa shape index (κ1) is 10.1. The molecule has 0 fully saturated rings. The summed E-state index contributed by atoms with van der Waals surface area (Å²) in [6, 6.07) is 5.50.